The molecular formula is C26H34N2O4. The van der Waals surface area contributed by atoms with Crippen molar-refractivity contribution in [3.63, 3.8) is 0 Å². The van der Waals surface area contributed by atoms with E-state index in [2.05, 4.69) is 12.1 Å². The van der Waals surface area contributed by atoms with Crippen molar-refractivity contribution in [3.05, 3.63) is 48.0 Å². The summed E-state index contributed by atoms with van der Waals surface area (Å²) >= 11 is 0. The Kier molecular flexibility index (Phi) is 7.28. The number of carbonyl (C=O) groups excluding carboxylic acids is 3. The molecule has 0 radical (unpaired) electrons. The van der Waals surface area contributed by atoms with Gasteiger partial charge in [0.25, 0.3) is 0 Å². The lowest BCUT2D eigenvalue weighted by Gasteiger charge is -2.33. The molecule has 0 spiro atoms. The minimum absolute atomic E-state index is 0.0489. The summed E-state index contributed by atoms with van der Waals surface area (Å²) in [6.07, 6.45) is 11.1. The Morgan fingerprint density at radius 1 is 1.09 bits per heavy atom. The maximum atomic E-state index is 13.6. The number of rotatable bonds is 7. The van der Waals surface area contributed by atoms with Crippen LogP contribution in [-0.2, 0) is 25.5 Å². The topological polar surface area (TPSA) is 66.9 Å². The first kappa shape index (κ1) is 22.6. The summed E-state index contributed by atoms with van der Waals surface area (Å²) in [6, 6.07) is 9.98. The molecule has 6 heteroatoms. The fourth-order valence-electron chi connectivity index (χ4n) is 5.80. The smallest absolute Gasteiger partial charge is 0.330 e. The molecule has 4 atom stereocenters. The zero-order chi connectivity index (χ0) is 22.5. The van der Waals surface area contributed by atoms with Gasteiger partial charge in [-0.3, -0.25) is 9.59 Å². The lowest BCUT2D eigenvalue weighted by Crippen LogP contribution is -2.51. The van der Waals surface area contributed by atoms with Crippen LogP contribution in [0.25, 0.3) is 0 Å². The number of ether oxygens (including phenoxy) is 1. The Hall–Kier alpha value is -2.63. The summed E-state index contributed by atoms with van der Waals surface area (Å²) in [4.78, 5) is 42.3. The Morgan fingerprint density at radius 2 is 1.91 bits per heavy atom. The number of aryl methyl sites for hydroxylation is 1. The predicted molar refractivity (Wildman–Crippen MR) is 122 cm³/mol. The third-order valence-electron chi connectivity index (χ3n) is 7.35. The van der Waals surface area contributed by atoms with Crippen molar-refractivity contribution in [1.29, 1.82) is 0 Å². The lowest BCUT2D eigenvalue weighted by atomic mass is 10.0. The fourth-order valence-corrected chi connectivity index (χ4v) is 5.80. The van der Waals surface area contributed by atoms with Gasteiger partial charge in [0.15, 0.2) is 0 Å². The van der Waals surface area contributed by atoms with Crippen LogP contribution < -0.4 is 0 Å². The molecule has 2 aliphatic heterocycles. The molecule has 4 rings (SSSR count). The molecule has 32 heavy (non-hydrogen) atoms. The van der Waals surface area contributed by atoms with Gasteiger partial charge < -0.3 is 14.5 Å². The Bertz CT molecular complexity index is 853. The normalized spacial score (nSPS) is 27.2. The van der Waals surface area contributed by atoms with Gasteiger partial charge in [-0.2, -0.15) is 0 Å². The zero-order valence-electron chi connectivity index (χ0n) is 18.9. The van der Waals surface area contributed by atoms with Crippen LogP contribution in [0.5, 0.6) is 0 Å². The number of esters is 1. The van der Waals surface area contributed by atoms with Crippen molar-refractivity contribution < 1.29 is 19.1 Å². The molecule has 0 bridgehead atoms. The Balaban J connectivity index is 1.43. The van der Waals surface area contributed by atoms with Gasteiger partial charge in [0.05, 0.1) is 13.2 Å². The number of benzene rings is 1. The summed E-state index contributed by atoms with van der Waals surface area (Å²) in [7, 11) is 1.35. The minimum Gasteiger partial charge on any atom is -0.466 e. The third-order valence-corrected chi connectivity index (χ3v) is 7.35. The highest BCUT2D eigenvalue weighted by Crippen LogP contribution is 2.42. The number of carbonyl (C=O) groups is 3. The first-order valence-corrected chi connectivity index (χ1v) is 12.0. The van der Waals surface area contributed by atoms with Gasteiger partial charge in [-0.05, 0) is 56.4 Å². The molecule has 0 N–H and O–H groups in total. The Morgan fingerprint density at radius 3 is 2.69 bits per heavy atom. The van der Waals surface area contributed by atoms with E-state index < -0.39 is 5.97 Å². The standard InChI is InChI=1S/C26H34N2O4/c1-32-25(30)16-15-21-12-7-17-27(21)26(31)23-18-20-11-6-13-22(20)28(23)24(29)14-5-10-19-8-3-2-4-9-19/h2-4,8-9,15-16,20-23H,5-7,10-14,17-18H2,1H3/t20-,21-,22-,23-/m0/s1. The van der Waals surface area contributed by atoms with Crippen LogP contribution in [0, 0.1) is 5.92 Å². The second-order valence-electron chi connectivity index (χ2n) is 9.27. The van der Waals surface area contributed by atoms with E-state index >= 15 is 0 Å². The molecule has 6 nitrogen and oxygen atoms in total. The van der Waals surface area contributed by atoms with Crippen LogP contribution in [0.2, 0.25) is 0 Å². The highest BCUT2D eigenvalue weighted by Gasteiger charge is 2.50. The van der Waals surface area contributed by atoms with E-state index in [0.717, 1.165) is 51.4 Å². The molecule has 2 amide bonds. The number of methoxy groups -OCH3 is 1. The number of fused-ring (bicyclic) bond motifs is 1. The van der Waals surface area contributed by atoms with Gasteiger partial charge in [0, 0.05) is 25.1 Å². The van der Waals surface area contributed by atoms with Crippen molar-refractivity contribution in [1.82, 2.24) is 9.80 Å². The van der Waals surface area contributed by atoms with Crippen molar-refractivity contribution in [2.45, 2.75) is 75.9 Å². The fraction of sp³-hybridized carbons (Fsp3) is 0.577. The van der Waals surface area contributed by atoms with E-state index in [0.29, 0.717) is 18.9 Å². The minimum atomic E-state index is -0.407. The molecule has 1 aliphatic carbocycles. The highest BCUT2D eigenvalue weighted by molar-refractivity contribution is 5.89. The van der Waals surface area contributed by atoms with Crippen molar-refractivity contribution in [3.8, 4) is 0 Å². The van der Waals surface area contributed by atoms with E-state index in [1.54, 1.807) is 6.08 Å². The number of nitrogens with zero attached hydrogens (tertiary/aromatic N) is 2. The summed E-state index contributed by atoms with van der Waals surface area (Å²) in [5, 5.41) is 0. The van der Waals surface area contributed by atoms with Gasteiger partial charge in [-0.25, -0.2) is 4.79 Å². The van der Waals surface area contributed by atoms with Gasteiger partial charge in [-0.1, -0.05) is 42.8 Å². The number of likely N-dealkylation sites (tertiary alicyclic amines) is 2. The maximum Gasteiger partial charge on any atom is 0.330 e. The molecule has 172 valence electrons. The SMILES string of the molecule is COC(=O)C=C[C@@H]1CCCN1C(=O)[C@@H]1C[C@@H]2CCC[C@@H]2N1C(=O)CCCc1ccccc1. The van der Waals surface area contributed by atoms with Crippen molar-refractivity contribution in [2.75, 3.05) is 13.7 Å². The third kappa shape index (κ3) is 4.89. The van der Waals surface area contributed by atoms with Gasteiger partial charge in [-0.15, -0.1) is 0 Å². The van der Waals surface area contributed by atoms with E-state index in [4.69, 9.17) is 4.74 Å². The molecule has 0 aromatic heterocycles. The molecule has 2 heterocycles. The maximum absolute atomic E-state index is 13.6. The Labute approximate surface area is 190 Å². The van der Waals surface area contributed by atoms with Crippen LogP contribution in [0.1, 0.15) is 56.9 Å². The summed E-state index contributed by atoms with van der Waals surface area (Å²) in [5.41, 5.74) is 1.24. The van der Waals surface area contributed by atoms with Crippen LogP contribution in [0.15, 0.2) is 42.5 Å². The van der Waals surface area contributed by atoms with E-state index in [1.807, 2.05) is 28.0 Å². The monoisotopic (exact) mass is 438 g/mol. The molecule has 3 fully saturated rings. The highest BCUT2D eigenvalue weighted by atomic mass is 16.5. The van der Waals surface area contributed by atoms with E-state index in [1.165, 1.54) is 18.7 Å². The molecule has 1 aromatic carbocycles. The first-order chi connectivity index (χ1) is 15.6. The van der Waals surface area contributed by atoms with Crippen LogP contribution in [0.3, 0.4) is 0 Å². The van der Waals surface area contributed by atoms with Gasteiger partial charge in [0.1, 0.15) is 6.04 Å². The summed E-state index contributed by atoms with van der Waals surface area (Å²) < 4.78 is 4.69. The second-order valence-corrected chi connectivity index (χ2v) is 9.27. The van der Waals surface area contributed by atoms with Gasteiger partial charge >= 0.3 is 5.97 Å². The predicted octanol–water partition coefficient (Wildman–Crippen LogP) is 3.50. The van der Waals surface area contributed by atoms with E-state index in [9.17, 15) is 14.4 Å². The first-order valence-electron chi connectivity index (χ1n) is 12.0. The van der Waals surface area contributed by atoms with Crippen molar-refractivity contribution in [2.24, 2.45) is 5.92 Å². The zero-order valence-corrected chi connectivity index (χ0v) is 18.9. The number of hydrogen-bond donors (Lipinski definition) is 0. The van der Waals surface area contributed by atoms with Crippen LogP contribution in [0.4, 0.5) is 0 Å². The molecule has 3 aliphatic rings. The quantitative estimate of drug-likeness (QED) is 0.483. The van der Waals surface area contributed by atoms with Gasteiger partial charge in [0.2, 0.25) is 11.8 Å². The lowest BCUT2D eigenvalue weighted by molar-refractivity contribution is -0.145. The van der Waals surface area contributed by atoms with Crippen LogP contribution >= 0.6 is 0 Å². The molecule has 1 saturated carbocycles. The van der Waals surface area contributed by atoms with Crippen molar-refractivity contribution >= 4 is 17.8 Å². The number of amides is 2. The molecule has 1 aromatic rings. The van der Waals surface area contributed by atoms with E-state index in [-0.39, 0.29) is 29.9 Å². The van der Waals surface area contributed by atoms with Crippen LogP contribution in [-0.4, -0.2) is 59.4 Å². The largest absolute Gasteiger partial charge is 0.466 e. The molecule has 0 unspecified atom stereocenters. The molecule has 2 saturated heterocycles. The average Bonchev–Trinajstić information content (AvgIpc) is 3.53. The second kappa shape index (κ2) is 10.3. The number of hydrogen-bond acceptors (Lipinski definition) is 4. The average molecular weight is 439 g/mol. The summed E-state index contributed by atoms with van der Waals surface area (Å²) in [6.45, 7) is 0.677. The summed E-state index contributed by atoms with van der Waals surface area (Å²) in [5.74, 6) is 0.200. The molecular weight excluding hydrogens is 404 g/mol.